The second kappa shape index (κ2) is 4.33. The Morgan fingerprint density at radius 1 is 1.36 bits per heavy atom. The van der Waals surface area contributed by atoms with E-state index >= 15 is 0 Å². The molecule has 0 saturated heterocycles. The molecule has 0 radical (unpaired) electrons. The molecule has 0 bridgehead atoms. The molecule has 0 amide bonds. The minimum Gasteiger partial charge on any atom is -0.486 e. The van der Waals surface area contributed by atoms with Crippen molar-refractivity contribution in [3.8, 4) is 0 Å². The van der Waals surface area contributed by atoms with Gasteiger partial charge in [-0.15, -0.1) is 0 Å². The van der Waals surface area contributed by atoms with Crippen molar-refractivity contribution in [2.45, 2.75) is 12.5 Å². The molecule has 0 aromatic rings. The first-order valence-corrected chi connectivity index (χ1v) is 4.91. The maximum absolute atomic E-state index is 5.76. The van der Waals surface area contributed by atoms with Gasteiger partial charge in [-0.3, -0.25) is 0 Å². The van der Waals surface area contributed by atoms with Crippen molar-refractivity contribution in [2.75, 3.05) is 20.2 Å². The average Bonchev–Trinajstić information content (AvgIpc) is 2.42. The van der Waals surface area contributed by atoms with Gasteiger partial charge in [0.2, 0.25) is 0 Å². The Balaban J connectivity index is 2.09. The molecule has 2 rings (SSSR count). The lowest BCUT2D eigenvalue weighted by Crippen LogP contribution is -2.33. The number of hydrogen-bond donors (Lipinski definition) is 1. The quantitative estimate of drug-likeness (QED) is 0.718. The van der Waals surface area contributed by atoms with Crippen molar-refractivity contribution in [2.24, 2.45) is 0 Å². The van der Waals surface area contributed by atoms with Crippen LogP contribution in [-0.2, 0) is 9.47 Å². The molecule has 1 atom stereocenters. The van der Waals surface area contributed by atoms with E-state index in [0.29, 0.717) is 6.61 Å². The highest BCUT2D eigenvalue weighted by molar-refractivity contribution is 5.29. The van der Waals surface area contributed by atoms with Gasteiger partial charge < -0.3 is 14.8 Å². The van der Waals surface area contributed by atoms with Crippen LogP contribution >= 0.6 is 0 Å². The zero-order chi connectivity index (χ0) is 9.80. The van der Waals surface area contributed by atoms with Crippen LogP contribution in [0.4, 0.5) is 0 Å². The van der Waals surface area contributed by atoms with Gasteiger partial charge in [-0.05, 0) is 25.6 Å². The second-order valence-electron chi connectivity index (χ2n) is 3.38. The van der Waals surface area contributed by atoms with Crippen LogP contribution in [0, 0.1) is 0 Å². The zero-order valence-corrected chi connectivity index (χ0v) is 8.32. The fourth-order valence-electron chi connectivity index (χ4n) is 1.53. The van der Waals surface area contributed by atoms with Gasteiger partial charge in [0.05, 0.1) is 0 Å². The van der Waals surface area contributed by atoms with E-state index in [0.717, 1.165) is 24.5 Å². The van der Waals surface area contributed by atoms with Gasteiger partial charge in [0.15, 0.2) is 11.5 Å². The molecule has 0 spiro atoms. The SMILES string of the molecule is CNCC1COC2=C(C=CCC=C2)O1. The van der Waals surface area contributed by atoms with Crippen LogP contribution in [-0.4, -0.2) is 26.3 Å². The van der Waals surface area contributed by atoms with E-state index < -0.39 is 0 Å². The number of rotatable bonds is 2. The minimum atomic E-state index is 0.120. The Labute approximate surface area is 84.1 Å². The number of allylic oxidation sites excluding steroid dienone is 4. The Morgan fingerprint density at radius 3 is 2.93 bits per heavy atom. The standard InChI is InChI=1S/C11H15NO2/c1-12-7-9-8-13-10-5-3-2-4-6-11(10)14-9/h3-6,9,12H,2,7-8H2,1H3. The van der Waals surface area contributed by atoms with Gasteiger partial charge in [-0.25, -0.2) is 0 Å². The summed E-state index contributed by atoms with van der Waals surface area (Å²) in [5.41, 5.74) is 0. The highest BCUT2D eigenvalue weighted by Crippen LogP contribution is 2.21. The first-order chi connectivity index (χ1) is 6.90. The normalized spacial score (nSPS) is 25.1. The third-order valence-corrected chi connectivity index (χ3v) is 2.20. The summed E-state index contributed by atoms with van der Waals surface area (Å²) in [6.45, 7) is 1.44. The van der Waals surface area contributed by atoms with Crippen LogP contribution in [0.3, 0.4) is 0 Å². The molecule has 14 heavy (non-hydrogen) atoms. The molecule has 0 aromatic heterocycles. The molecule has 2 aliphatic rings. The number of likely N-dealkylation sites (N-methyl/N-ethyl adjacent to an activating group) is 1. The molecule has 76 valence electrons. The summed E-state index contributed by atoms with van der Waals surface area (Å²) in [5.74, 6) is 1.70. The van der Waals surface area contributed by atoms with Gasteiger partial charge >= 0.3 is 0 Å². The van der Waals surface area contributed by atoms with Crippen LogP contribution < -0.4 is 5.32 Å². The maximum Gasteiger partial charge on any atom is 0.161 e. The van der Waals surface area contributed by atoms with Crippen LogP contribution in [0.25, 0.3) is 0 Å². The lowest BCUT2D eigenvalue weighted by atomic mass is 10.3. The summed E-state index contributed by atoms with van der Waals surface area (Å²) >= 11 is 0. The van der Waals surface area contributed by atoms with Crippen molar-refractivity contribution in [1.82, 2.24) is 5.32 Å². The molecule has 0 saturated carbocycles. The van der Waals surface area contributed by atoms with Gasteiger partial charge in [-0.2, -0.15) is 0 Å². The van der Waals surface area contributed by atoms with E-state index in [1.165, 1.54) is 0 Å². The molecule has 3 nitrogen and oxygen atoms in total. The predicted molar refractivity (Wildman–Crippen MR) is 54.7 cm³/mol. The van der Waals surface area contributed by atoms with E-state index in [1.54, 1.807) is 0 Å². The Bertz CT molecular complexity index is 292. The lowest BCUT2D eigenvalue weighted by molar-refractivity contribution is 0.00986. The third kappa shape index (κ3) is 1.99. The molecule has 1 aliphatic carbocycles. The van der Waals surface area contributed by atoms with Crippen LogP contribution in [0.1, 0.15) is 6.42 Å². The summed E-state index contributed by atoms with van der Waals surface area (Å²) in [6, 6.07) is 0. The molecular weight excluding hydrogens is 178 g/mol. The Morgan fingerprint density at radius 2 is 2.14 bits per heavy atom. The molecule has 1 N–H and O–H groups in total. The smallest absolute Gasteiger partial charge is 0.161 e. The van der Waals surface area contributed by atoms with E-state index in [9.17, 15) is 0 Å². The molecule has 1 unspecified atom stereocenters. The maximum atomic E-state index is 5.76. The van der Waals surface area contributed by atoms with Gasteiger partial charge in [0.25, 0.3) is 0 Å². The highest BCUT2D eigenvalue weighted by atomic mass is 16.6. The van der Waals surface area contributed by atoms with Crippen LogP contribution in [0.15, 0.2) is 35.8 Å². The van der Waals surface area contributed by atoms with E-state index in [-0.39, 0.29) is 6.10 Å². The molecule has 0 fully saturated rings. The van der Waals surface area contributed by atoms with Crippen molar-refractivity contribution < 1.29 is 9.47 Å². The second-order valence-corrected chi connectivity index (χ2v) is 3.38. The third-order valence-electron chi connectivity index (χ3n) is 2.20. The number of ether oxygens (including phenoxy) is 2. The zero-order valence-electron chi connectivity index (χ0n) is 8.32. The summed E-state index contributed by atoms with van der Waals surface area (Å²) in [7, 11) is 1.91. The van der Waals surface area contributed by atoms with Crippen molar-refractivity contribution >= 4 is 0 Å². The van der Waals surface area contributed by atoms with E-state index in [4.69, 9.17) is 9.47 Å². The topological polar surface area (TPSA) is 30.5 Å². The molecule has 3 heteroatoms. The van der Waals surface area contributed by atoms with Gasteiger partial charge in [0.1, 0.15) is 12.7 Å². The van der Waals surface area contributed by atoms with Crippen LogP contribution in [0.2, 0.25) is 0 Å². The van der Waals surface area contributed by atoms with Crippen molar-refractivity contribution in [3.05, 3.63) is 35.8 Å². The molecular formula is C11H15NO2. The summed E-state index contributed by atoms with van der Waals surface area (Å²) in [4.78, 5) is 0. The predicted octanol–water partition coefficient (Wildman–Crippen LogP) is 1.35. The summed E-state index contributed by atoms with van der Waals surface area (Å²) in [5, 5.41) is 3.08. The van der Waals surface area contributed by atoms with Gasteiger partial charge in [0, 0.05) is 6.54 Å². The van der Waals surface area contributed by atoms with Crippen LogP contribution in [0.5, 0.6) is 0 Å². The van der Waals surface area contributed by atoms with Gasteiger partial charge in [-0.1, -0.05) is 12.2 Å². The monoisotopic (exact) mass is 193 g/mol. The van der Waals surface area contributed by atoms with E-state index in [2.05, 4.69) is 17.5 Å². The van der Waals surface area contributed by atoms with E-state index in [1.807, 2.05) is 19.2 Å². The number of hydrogen-bond acceptors (Lipinski definition) is 3. The fraction of sp³-hybridized carbons (Fsp3) is 0.455. The molecule has 1 heterocycles. The lowest BCUT2D eigenvalue weighted by Gasteiger charge is -2.26. The average molecular weight is 193 g/mol. The first kappa shape index (κ1) is 9.34. The largest absolute Gasteiger partial charge is 0.486 e. The molecule has 1 aliphatic heterocycles. The summed E-state index contributed by atoms with van der Waals surface area (Å²) in [6.07, 6.45) is 9.16. The highest BCUT2D eigenvalue weighted by Gasteiger charge is 2.20. The molecule has 0 aromatic carbocycles. The Kier molecular flexibility index (Phi) is 2.89. The summed E-state index contributed by atoms with van der Waals surface area (Å²) < 4.78 is 11.4. The van der Waals surface area contributed by atoms with Crippen molar-refractivity contribution in [3.63, 3.8) is 0 Å². The van der Waals surface area contributed by atoms with Crippen molar-refractivity contribution in [1.29, 1.82) is 0 Å². The Hall–Kier alpha value is -1.22. The fourth-order valence-corrected chi connectivity index (χ4v) is 1.53. The minimum absolute atomic E-state index is 0.120. The first-order valence-electron chi connectivity index (χ1n) is 4.91. The number of nitrogens with one attached hydrogen (secondary N) is 1.